The van der Waals surface area contributed by atoms with Crippen LogP contribution in [-0.2, 0) is 0 Å². The van der Waals surface area contributed by atoms with Gasteiger partial charge in [-0.05, 0) is 12.3 Å². The van der Waals surface area contributed by atoms with E-state index in [-0.39, 0.29) is 18.4 Å². The largest absolute Gasteiger partial charge is 0.468 e. The number of fused-ring (bicyclic) bond motifs is 1. The van der Waals surface area contributed by atoms with Crippen LogP contribution >= 0.6 is 0 Å². The van der Waals surface area contributed by atoms with Gasteiger partial charge in [-0.3, -0.25) is 5.21 Å². The van der Waals surface area contributed by atoms with Crippen molar-refractivity contribution in [3.05, 3.63) is 36.3 Å². The summed E-state index contributed by atoms with van der Waals surface area (Å²) in [6.45, 7) is 0.259. The molecule has 0 bridgehead atoms. The lowest BCUT2D eigenvalue weighted by Gasteiger charge is -2.10. The van der Waals surface area contributed by atoms with Gasteiger partial charge in [0.15, 0.2) is 0 Å². The van der Waals surface area contributed by atoms with Gasteiger partial charge in [-0.2, -0.15) is 0 Å². The van der Waals surface area contributed by atoms with E-state index in [1.54, 1.807) is 6.26 Å². The Morgan fingerprint density at radius 3 is 3.06 bits per heavy atom. The lowest BCUT2D eigenvalue weighted by Crippen LogP contribution is -2.34. The molecule has 1 fully saturated rings. The zero-order valence-electron chi connectivity index (χ0n) is 9.74. The average molecular weight is 246 g/mol. The van der Waals surface area contributed by atoms with Gasteiger partial charge in [0.2, 0.25) is 0 Å². The first-order valence-electron chi connectivity index (χ1n) is 5.89. The Labute approximate surface area is 104 Å². The van der Waals surface area contributed by atoms with E-state index in [1.807, 2.05) is 24.3 Å². The van der Waals surface area contributed by atoms with Gasteiger partial charge in [0, 0.05) is 16.7 Å². The molecule has 94 valence electrons. The number of hydroxylamine groups is 2. The van der Waals surface area contributed by atoms with Crippen molar-refractivity contribution in [3.63, 3.8) is 0 Å². The van der Waals surface area contributed by atoms with Gasteiger partial charge < -0.3 is 10.2 Å². The quantitative estimate of drug-likeness (QED) is 0.644. The molecule has 1 aromatic carbocycles. The topological polar surface area (TPSA) is 79.7 Å². The van der Waals surface area contributed by atoms with E-state index >= 15 is 0 Å². The molecule has 1 heterocycles. The van der Waals surface area contributed by atoms with Crippen molar-refractivity contribution in [1.82, 2.24) is 5.06 Å². The van der Waals surface area contributed by atoms with E-state index in [2.05, 4.69) is 0 Å². The van der Waals surface area contributed by atoms with Gasteiger partial charge in [0.1, 0.15) is 5.76 Å². The summed E-state index contributed by atoms with van der Waals surface area (Å²) in [5, 5.41) is 12.0. The zero-order chi connectivity index (χ0) is 12.7. The number of nitrogens with two attached hydrogens (primary N) is 1. The van der Waals surface area contributed by atoms with Crippen LogP contribution in [0.3, 0.4) is 0 Å². The molecule has 2 unspecified atom stereocenters. The Balaban J connectivity index is 1.76. The summed E-state index contributed by atoms with van der Waals surface area (Å²) in [5.41, 5.74) is 4.98. The molecule has 1 saturated carbocycles. The van der Waals surface area contributed by atoms with Gasteiger partial charge in [-0.25, -0.2) is 9.86 Å². The molecular weight excluding hydrogens is 232 g/mol. The number of carbonyl (C=O) groups excluding carboxylic acids is 1. The molecule has 0 radical (unpaired) electrons. The minimum atomic E-state index is -0.815. The second-order valence-electron chi connectivity index (χ2n) is 4.71. The van der Waals surface area contributed by atoms with E-state index in [0.717, 1.165) is 23.0 Å². The fourth-order valence-corrected chi connectivity index (χ4v) is 2.38. The van der Waals surface area contributed by atoms with E-state index in [9.17, 15) is 10.0 Å². The van der Waals surface area contributed by atoms with Gasteiger partial charge in [-0.15, -0.1) is 0 Å². The van der Waals surface area contributed by atoms with Crippen LogP contribution in [0.4, 0.5) is 4.79 Å². The third kappa shape index (κ3) is 1.82. The molecule has 3 rings (SSSR count). The van der Waals surface area contributed by atoms with Crippen LogP contribution in [-0.4, -0.2) is 22.8 Å². The summed E-state index contributed by atoms with van der Waals surface area (Å²) >= 11 is 0. The number of nitrogens with zero attached hydrogens (tertiary/aromatic N) is 1. The first-order chi connectivity index (χ1) is 8.66. The highest BCUT2D eigenvalue weighted by atomic mass is 16.5. The molecule has 1 aliphatic rings. The highest BCUT2D eigenvalue weighted by Gasteiger charge is 2.43. The number of urea groups is 1. The van der Waals surface area contributed by atoms with Crippen molar-refractivity contribution in [2.45, 2.75) is 12.3 Å². The molecule has 0 spiro atoms. The number of furan rings is 1. The van der Waals surface area contributed by atoms with Crippen molar-refractivity contribution in [2.75, 3.05) is 6.54 Å². The highest BCUT2D eigenvalue weighted by Crippen LogP contribution is 2.50. The monoisotopic (exact) mass is 246 g/mol. The minimum absolute atomic E-state index is 0.219. The van der Waals surface area contributed by atoms with E-state index in [0.29, 0.717) is 5.06 Å². The van der Waals surface area contributed by atoms with E-state index in [1.165, 1.54) is 0 Å². The van der Waals surface area contributed by atoms with Gasteiger partial charge in [-0.1, -0.05) is 24.3 Å². The van der Waals surface area contributed by atoms with Crippen LogP contribution in [0.2, 0.25) is 0 Å². The molecule has 18 heavy (non-hydrogen) atoms. The summed E-state index contributed by atoms with van der Waals surface area (Å²) in [4.78, 5) is 10.7. The first kappa shape index (κ1) is 11.1. The smallest absolute Gasteiger partial charge is 0.338 e. The van der Waals surface area contributed by atoms with Gasteiger partial charge in [0.25, 0.3) is 0 Å². The number of benzene rings is 1. The second kappa shape index (κ2) is 4.03. The lowest BCUT2D eigenvalue weighted by molar-refractivity contribution is -0.0432. The minimum Gasteiger partial charge on any atom is -0.468 e. The van der Waals surface area contributed by atoms with Crippen LogP contribution in [0, 0.1) is 5.92 Å². The Kier molecular flexibility index (Phi) is 2.48. The average Bonchev–Trinajstić information content (AvgIpc) is 2.98. The van der Waals surface area contributed by atoms with Crippen molar-refractivity contribution in [1.29, 1.82) is 0 Å². The maximum absolute atomic E-state index is 10.7. The summed E-state index contributed by atoms with van der Waals surface area (Å²) in [6, 6.07) is 7.15. The third-order valence-corrected chi connectivity index (χ3v) is 3.46. The summed E-state index contributed by atoms with van der Waals surface area (Å²) in [6.07, 6.45) is 2.65. The van der Waals surface area contributed by atoms with Crippen molar-refractivity contribution >= 4 is 16.8 Å². The number of amides is 2. The zero-order valence-corrected chi connectivity index (χ0v) is 9.74. The van der Waals surface area contributed by atoms with Crippen molar-refractivity contribution in [2.24, 2.45) is 11.7 Å². The molecule has 3 N–H and O–H groups in total. The maximum atomic E-state index is 10.7. The number of hydrogen-bond acceptors (Lipinski definition) is 3. The number of carbonyl (C=O) groups is 1. The predicted octanol–water partition coefficient (Wildman–Crippen LogP) is 2.31. The van der Waals surface area contributed by atoms with Gasteiger partial charge in [0.05, 0.1) is 12.8 Å². The van der Waals surface area contributed by atoms with Crippen LogP contribution in [0.25, 0.3) is 10.8 Å². The Morgan fingerprint density at radius 2 is 2.28 bits per heavy atom. The number of rotatable bonds is 3. The van der Waals surface area contributed by atoms with E-state index in [4.69, 9.17) is 10.2 Å². The molecule has 1 aliphatic carbocycles. The number of hydrogen-bond donors (Lipinski definition) is 2. The predicted molar refractivity (Wildman–Crippen MR) is 65.1 cm³/mol. The van der Waals surface area contributed by atoms with Crippen LogP contribution < -0.4 is 5.73 Å². The van der Waals surface area contributed by atoms with Crippen LogP contribution in [0.1, 0.15) is 18.1 Å². The Hall–Kier alpha value is -2.01. The summed E-state index contributed by atoms with van der Waals surface area (Å²) < 4.78 is 5.59. The first-order valence-corrected chi connectivity index (χ1v) is 5.89. The van der Waals surface area contributed by atoms with Crippen molar-refractivity contribution in [3.8, 4) is 0 Å². The second-order valence-corrected chi connectivity index (χ2v) is 4.71. The highest BCUT2D eigenvalue weighted by molar-refractivity contribution is 5.84. The summed E-state index contributed by atoms with van der Waals surface area (Å²) in [5.74, 6) is 1.42. The normalized spacial score (nSPS) is 22.1. The molecule has 2 aromatic rings. The fraction of sp³-hybridized carbons (Fsp3) is 0.308. The molecule has 0 saturated heterocycles. The summed E-state index contributed by atoms with van der Waals surface area (Å²) in [7, 11) is 0. The Bertz CT molecular complexity index is 593. The molecule has 5 heteroatoms. The fourth-order valence-electron chi connectivity index (χ4n) is 2.38. The third-order valence-electron chi connectivity index (χ3n) is 3.46. The lowest BCUT2D eigenvalue weighted by atomic mass is 10.1. The standard InChI is InChI=1S/C13H14N2O3/c14-13(16)15(17)6-9-5-11(9)12-10-4-2-1-3-8(10)7-18-12/h1-4,7,9,11,17H,5-6H2,(H2,14,16). The van der Waals surface area contributed by atoms with Crippen molar-refractivity contribution < 1.29 is 14.4 Å². The molecular formula is C13H14N2O3. The molecule has 5 nitrogen and oxygen atoms in total. The molecule has 2 atom stereocenters. The molecule has 2 amide bonds. The van der Waals surface area contributed by atoms with E-state index < -0.39 is 6.03 Å². The molecule has 0 aliphatic heterocycles. The maximum Gasteiger partial charge on any atom is 0.338 e. The number of primary amides is 1. The van der Waals surface area contributed by atoms with Crippen LogP contribution in [0.5, 0.6) is 0 Å². The Morgan fingerprint density at radius 1 is 1.50 bits per heavy atom. The van der Waals surface area contributed by atoms with Crippen LogP contribution in [0.15, 0.2) is 34.9 Å². The SMILES string of the molecule is NC(=O)N(O)CC1CC1c1occ2ccccc12. The van der Waals surface area contributed by atoms with Gasteiger partial charge >= 0.3 is 6.03 Å². The molecule has 1 aromatic heterocycles.